The van der Waals surface area contributed by atoms with Crippen molar-refractivity contribution in [1.82, 2.24) is 4.98 Å². The van der Waals surface area contributed by atoms with Gasteiger partial charge in [0, 0.05) is 37.3 Å². The molecule has 2 aliphatic heterocycles. The van der Waals surface area contributed by atoms with E-state index in [1.54, 1.807) is 12.1 Å². The number of hydrogen-bond donors (Lipinski definition) is 1. The van der Waals surface area contributed by atoms with E-state index in [1.807, 2.05) is 19.1 Å². The number of aromatic nitrogens is 1. The zero-order chi connectivity index (χ0) is 22.5. The Morgan fingerprint density at radius 2 is 2.00 bits per heavy atom. The standard InChI is InChI=1S/C24H27N3O4S/c1-14-10-19-24(25-14)20(12-17(26-19)13-21(28)15-5-6-15)27-18-8-7-16(22-4-3-9-31-22)11-23(18)32(2,29)30/h7-8,11-12,15,22H,3-6,9-10,13H2,1-2H3,(H,26,27)/t22-/m0/s1. The summed E-state index contributed by atoms with van der Waals surface area (Å²) >= 11 is 0. The van der Waals surface area contributed by atoms with E-state index < -0.39 is 9.84 Å². The van der Waals surface area contributed by atoms with Gasteiger partial charge in [-0.1, -0.05) is 6.07 Å². The van der Waals surface area contributed by atoms with Crippen molar-refractivity contribution < 1.29 is 17.9 Å². The molecule has 1 saturated carbocycles. The van der Waals surface area contributed by atoms with Gasteiger partial charge < -0.3 is 10.1 Å². The lowest BCUT2D eigenvalue weighted by atomic mass is 10.1. The largest absolute Gasteiger partial charge is 0.374 e. The zero-order valence-corrected chi connectivity index (χ0v) is 19.2. The van der Waals surface area contributed by atoms with Gasteiger partial charge in [-0.05, 0) is 56.4 Å². The first-order valence-electron chi connectivity index (χ1n) is 11.1. The quantitative estimate of drug-likeness (QED) is 0.673. The lowest BCUT2D eigenvalue weighted by Crippen LogP contribution is -2.09. The number of ether oxygens (including phenoxy) is 1. The molecule has 32 heavy (non-hydrogen) atoms. The van der Waals surface area contributed by atoms with Crippen LogP contribution in [-0.2, 0) is 32.2 Å². The van der Waals surface area contributed by atoms with Gasteiger partial charge in [-0.2, -0.15) is 0 Å². The van der Waals surface area contributed by atoms with Crippen LogP contribution in [0.15, 0.2) is 34.2 Å². The molecule has 1 aromatic carbocycles. The molecular formula is C24H27N3O4S. The summed E-state index contributed by atoms with van der Waals surface area (Å²) in [4.78, 5) is 21.9. The van der Waals surface area contributed by atoms with Crippen LogP contribution in [0.25, 0.3) is 0 Å². The Labute approximate surface area is 188 Å². The molecule has 1 aromatic heterocycles. The predicted molar refractivity (Wildman–Crippen MR) is 123 cm³/mol. The summed E-state index contributed by atoms with van der Waals surface area (Å²) in [5, 5.41) is 3.30. The van der Waals surface area contributed by atoms with Crippen LogP contribution in [0.2, 0.25) is 0 Å². The van der Waals surface area contributed by atoms with Gasteiger partial charge in [-0.15, -0.1) is 0 Å². The second-order valence-corrected chi connectivity index (χ2v) is 11.0. The lowest BCUT2D eigenvalue weighted by Gasteiger charge is -2.17. The Hall–Kier alpha value is -2.58. The number of carbonyl (C=O) groups excluding carboxylic acids is 1. The van der Waals surface area contributed by atoms with Gasteiger partial charge in [0.15, 0.2) is 9.84 Å². The van der Waals surface area contributed by atoms with E-state index in [2.05, 4.69) is 15.3 Å². The van der Waals surface area contributed by atoms with Crippen LogP contribution in [-0.4, -0.2) is 37.8 Å². The highest BCUT2D eigenvalue weighted by molar-refractivity contribution is 7.90. The number of fused-ring (bicyclic) bond motifs is 1. The SMILES string of the molecule is CC1=Nc2c(Nc3ccc([C@@H]4CCCO4)cc3S(C)(=O)=O)cc(CC(=O)C3CC3)nc2C1. The van der Waals surface area contributed by atoms with Crippen LogP contribution >= 0.6 is 0 Å². The maximum Gasteiger partial charge on any atom is 0.177 e. The Morgan fingerprint density at radius 3 is 2.69 bits per heavy atom. The fraction of sp³-hybridized carbons (Fsp3) is 0.458. The van der Waals surface area contributed by atoms with E-state index in [9.17, 15) is 13.2 Å². The number of hydrogen-bond acceptors (Lipinski definition) is 7. The van der Waals surface area contributed by atoms with Gasteiger partial charge in [0.05, 0.1) is 33.8 Å². The molecule has 0 amide bonds. The molecule has 0 radical (unpaired) electrons. The number of nitrogens with zero attached hydrogens (tertiary/aromatic N) is 2. The number of nitrogens with one attached hydrogen (secondary N) is 1. The molecule has 1 saturated heterocycles. The smallest absolute Gasteiger partial charge is 0.177 e. The zero-order valence-electron chi connectivity index (χ0n) is 18.3. The van der Waals surface area contributed by atoms with Gasteiger partial charge in [0.2, 0.25) is 0 Å². The number of sulfone groups is 1. The van der Waals surface area contributed by atoms with Crippen molar-refractivity contribution in [3.8, 4) is 0 Å². The number of aliphatic imine (C=N–C) groups is 1. The summed E-state index contributed by atoms with van der Waals surface area (Å²) in [6.45, 7) is 2.64. The molecule has 8 heteroatoms. The molecule has 2 fully saturated rings. The third kappa shape index (κ3) is 4.34. The maximum atomic E-state index is 12.6. The molecule has 0 unspecified atom stereocenters. The molecular weight excluding hydrogens is 426 g/mol. The van der Waals surface area contributed by atoms with Crippen LogP contribution in [0.3, 0.4) is 0 Å². The minimum atomic E-state index is -3.49. The lowest BCUT2D eigenvalue weighted by molar-refractivity contribution is -0.119. The average Bonchev–Trinajstić information content (AvgIpc) is 3.30. The molecule has 1 aliphatic carbocycles. The molecule has 1 atom stereocenters. The predicted octanol–water partition coefficient (Wildman–Crippen LogP) is 4.25. The fourth-order valence-electron chi connectivity index (χ4n) is 4.42. The molecule has 5 rings (SSSR count). The van der Waals surface area contributed by atoms with Gasteiger partial charge in [-0.3, -0.25) is 14.8 Å². The molecule has 168 valence electrons. The minimum Gasteiger partial charge on any atom is -0.374 e. The van der Waals surface area contributed by atoms with Crippen molar-refractivity contribution in [1.29, 1.82) is 0 Å². The monoisotopic (exact) mass is 453 g/mol. The minimum absolute atomic E-state index is 0.0676. The third-order valence-corrected chi connectivity index (χ3v) is 7.34. The van der Waals surface area contributed by atoms with Crippen molar-refractivity contribution in [3.05, 3.63) is 41.2 Å². The van der Waals surface area contributed by atoms with Crippen molar-refractivity contribution in [3.63, 3.8) is 0 Å². The highest BCUT2D eigenvalue weighted by Crippen LogP contribution is 2.39. The first-order valence-corrected chi connectivity index (χ1v) is 13.0. The van der Waals surface area contributed by atoms with E-state index in [0.29, 0.717) is 42.2 Å². The Morgan fingerprint density at radius 1 is 1.19 bits per heavy atom. The second kappa shape index (κ2) is 8.08. The van der Waals surface area contributed by atoms with Crippen LogP contribution in [0, 0.1) is 5.92 Å². The summed E-state index contributed by atoms with van der Waals surface area (Å²) < 4.78 is 31.0. The number of anilines is 2. The number of ketones is 1. The topological polar surface area (TPSA) is 97.7 Å². The summed E-state index contributed by atoms with van der Waals surface area (Å²) in [6, 6.07) is 7.25. The van der Waals surface area contributed by atoms with Crippen molar-refractivity contribution in [2.75, 3.05) is 18.2 Å². The number of rotatable bonds is 7. The third-order valence-electron chi connectivity index (χ3n) is 6.21. The van der Waals surface area contributed by atoms with E-state index in [1.165, 1.54) is 6.26 Å². The number of Topliss-reactive ketones (excluding diaryl/α,β-unsaturated/α-hetero) is 1. The van der Waals surface area contributed by atoms with E-state index in [4.69, 9.17) is 4.74 Å². The normalized spacial score (nSPS) is 20.2. The van der Waals surface area contributed by atoms with Gasteiger partial charge >= 0.3 is 0 Å². The Kier molecular flexibility index (Phi) is 5.37. The Balaban J connectivity index is 1.52. The number of carbonyl (C=O) groups is 1. The van der Waals surface area contributed by atoms with Crippen LogP contribution in [0.1, 0.15) is 55.7 Å². The van der Waals surface area contributed by atoms with Crippen molar-refractivity contribution in [2.24, 2.45) is 10.9 Å². The van der Waals surface area contributed by atoms with Crippen LogP contribution in [0.5, 0.6) is 0 Å². The van der Waals surface area contributed by atoms with Gasteiger partial charge in [0.1, 0.15) is 11.5 Å². The molecule has 2 aromatic rings. The van der Waals surface area contributed by atoms with E-state index in [0.717, 1.165) is 42.7 Å². The summed E-state index contributed by atoms with van der Waals surface area (Å²) in [5.41, 5.74) is 5.22. The van der Waals surface area contributed by atoms with Gasteiger partial charge in [-0.25, -0.2) is 8.42 Å². The molecule has 3 aliphatic rings. The fourth-order valence-corrected chi connectivity index (χ4v) is 5.29. The highest BCUT2D eigenvalue weighted by atomic mass is 32.2. The van der Waals surface area contributed by atoms with Crippen LogP contribution < -0.4 is 5.32 Å². The molecule has 1 N–H and O–H groups in total. The molecule has 7 nitrogen and oxygen atoms in total. The van der Waals surface area contributed by atoms with Crippen molar-refractivity contribution >= 4 is 38.4 Å². The first-order chi connectivity index (χ1) is 15.3. The summed E-state index contributed by atoms with van der Waals surface area (Å²) in [6.07, 6.45) is 5.86. The molecule has 0 spiro atoms. The second-order valence-electron chi connectivity index (χ2n) is 9.05. The maximum absolute atomic E-state index is 12.6. The first kappa shape index (κ1) is 21.3. The summed E-state index contributed by atoms with van der Waals surface area (Å²) in [7, 11) is -3.49. The van der Waals surface area contributed by atoms with Crippen LogP contribution in [0.4, 0.5) is 17.1 Å². The highest BCUT2D eigenvalue weighted by Gasteiger charge is 2.30. The number of benzene rings is 1. The number of pyridine rings is 1. The van der Waals surface area contributed by atoms with Gasteiger partial charge in [0.25, 0.3) is 0 Å². The van der Waals surface area contributed by atoms with E-state index >= 15 is 0 Å². The van der Waals surface area contributed by atoms with E-state index in [-0.39, 0.29) is 22.7 Å². The average molecular weight is 454 g/mol. The molecule has 0 bridgehead atoms. The summed E-state index contributed by atoms with van der Waals surface area (Å²) in [5.74, 6) is 0.387. The Bertz CT molecular complexity index is 1230. The van der Waals surface area contributed by atoms with Crippen molar-refractivity contribution in [2.45, 2.75) is 56.4 Å². The molecule has 3 heterocycles.